The molecule has 0 aliphatic carbocycles. The number of aromatic amines is 1. The quantitative estimate of drug-likeness (QED) is 0.771. The third kappa shape index (κ3) is 4.45. The molecule has 140 valence electrons. The van der Waals surface area contributed by atoms with Crippen molar-refractivity contribution in [1.29, 1.82) is 0 Å². The summed E-state index contributed by atoms with van der Waals surface area (Å²) in [5.41, 5.74) is 4.12. The standard InChI is InChI=1S/C20H26N2O4/c1-6-26-20(24)19-14(3)13(2)18(21-19)12-22(15(4)23)11-16-7-9-17(25-5)10-8-16/h7-10,21H,6,11-12H2,1-5H3. The maximum absolute atomic E-state index is 12.1. The first-order valence-electron chi connectivity index (χ1n) is 8.61. The van der Waals surface area contributed by atoms with Gasteiger partial charge in [-0.15, -0.1) is 0 Å². The Labute approximate surface area is 154 Å². The van der Waals surface area contributed by atoms with Crippen molar-refractivity contribution >= 4 is 11.9 Å². The van der Waals surface area contributed by atoms with Crippen LogP contribution >= 0.6 is 0 Å². The SMILES string of the molecule is CCOC(=O)c1[nH]c(CN(Cc2ccc(OC)cc2)C(C)=O)c(C)c1C. The Bertz CT molecular complexity index is 778. The largest absolute Gasteiger partial charge is 0.497 e. The Morgan fingerprint density at radius 2 is 1.73 bits per heavy atom. The molecule has 1 amide bonds. The van der Waals surface area contributed by atoms with Crippen LogP contribution in [0.1, 0.15) is 46.7 Å². The lowest BCUT2D eigenvalue weighted by atomic mass is 10.1. The fourth-order valence-corrected chi connectivity index (χ4v) is 2.74. The minimum Gasteiger partial charge on any atom is -0.497 e. The van der Waals surface area contributed by atoms with E-state index in [0.29, 0.717) is 25.4 Å². The first-order valence-corrected chi connectivity index (χ1v) is 8.61. The maximum Gasteiger partial charge on any atom is 0.355 e. The van der Waals surface area contributed by atoms with Gasteiger partial charge in [-0.3, -0.25) is 4.79 Å². The third-order valence-electron chi connectivity index (χ3n) is 4.47. The minimum atomic E-state index is -0.371. The van der Waals surface area contributed by atoms with E-state index >= 15 is 0 Å². The molecule has 26 heavy (non-hydrogen) atoms. The normalized spacial score (nSPS) is 10.5. The van der Waals surface area contributed by atoms with Crippen molar-refractivity contribution in [3.63, 3.8) is 0 Å². The van der Waals surface area contributed by atoms with E-state index < -0.39 is 0 Å². The zero-order chi connectivity index (χ0) is 19.3. The van der Waals surface area contributed by atoms with Crippen LogP contribution in [0.5, 0.6) is 5.75 Å². The van der Waals surface area contributed by atoms with E-state index in [2.05, 4.69) is 4.98 Å². The molecule has 2 rings (SSSR count). The highest BCUT2D eigenvalue weighted by Gasteiger charge is 2.20. The van der Waals surface area contributed by atoms with Crippen LogP contribution in [-0.4, -0.2) is 35.5 Å². The number of nitrogens with one attached hydrogen (secondary N) is 1. The fraction of sp³-hybridized carbons (Fsp3) is 0.400. The van der Waals surface area contributed by atoms with Crippen LogP contribution in [0, 0.1) is 13.8 Å². The fourth-order valence-electron chi connectivity index (χ4n) is 2.74. The van der Waals surface area contributed by atoms with Crippen LogP contribution in [0.25, 0.3) is 0 Å². The lowest BCUT2D eigenvalue weighted by Gasteiger charge is -2.21. The number of esters is 1. The number of benzene rings is 1. The summed E-state index contributed by atoms with van der Waals surface area (Å²) in [6.45, 7) is 8.33. The Balaban J connectivity index is 2.20. The topological polar surface area (TPSA) is 71.6 Å². The summed E-state index contributed by atoms with van der Waals surface area (Å²) in [6.07, 6.45) is 0. The Kier molecular flexibility index (Phi) is 6.44. The van der Waals surface area contributed by atoms with Crippen LogP contribution in [0.4, 0.5) is 0 Å². The number of hydrogen-bond acceptors (Lipinski definition) is 4. The molecule has 0 bridgehead atoms. The van der Waals surface area contributed by atoms with E-state index in [-0.39, 0.29) is 11.9 Å². The summed E-state index contributed by atoms with van der Waals surface area (Å²) in [7, 11) is 1.62. The average Bonchev–Trinajstić information content (AvgIpc) is 2.90. The number of rotatable bonds is 7. The highest BCUT2D eigenvalue weighted by Crippen LogP contribution is 2.21. The molecular weight excluding hydrogens is 332 g/mol. The first-order chi connectivity index (χ1) is 12.4. The molecule has 0 unspecified atom stereocenters. The monoisotopic (exact) mass is 358 g/mol. The number of carbonyl (C=O) groups is 2. The van der Waals surface area contributed by atoms with E-state index in [1.54, 1.807) is 25.9 Å². The summed E-state index contributed by atoms with van der Waals surface area (Å²) in [4.78, 5) is 29.0. The predicted molar refractivity (Wildman–Crippen MR) is 99.1 cm³/mol. The van der Waals surface area contributed by atoms with Gasteiger partial charge in [0.2, 0.25) is 5.91 Å². The van der Waals surface area contributed by atoms with E-state index in [9.17, 15) is 9.59 Å². The van der Waals surface area contributed by atoms with Gasteiger partial charge in [-0.25, -0.2) is 4.79 Å². The summed E-state index contributed by atoms with van der Waals surface area (Å²) in [5.74, 6) is 0.368. The molecule has 0 radical (unpaired) electrons. The highest BCUT2D eigenvalue weighted by molar-refractivity contribution is 5.89. The highest BCUT2D eigenvalue weighted by atomic mass is 16.5. The van der Waals surface area contributed by atoms with Crippen molar-refractivity contribution in [3.05, 3.63) is 52.3 Å². The number of hydrogen-bond donors (Lipinski definition) is 1. The second-order valence-electron chi connectivity index (χ2n) is 6.17. The molecule has 0 saturated heterocycles. The van der Waals surface area contributed by atoms with Crippen LogP contribution in [0.2, 0.25) is 0 Å². The molecule has 1 aromatic heterocycles. The second kappa shape index (κ2) is 8.56. The average molecular weight is 358 g/mol. The van der Waals surface area contributed by atoms with Crippen LogP contribution in [0.15, 0.2) is 24.3 Å². The van der Waals surface area contributed by atoms with Gasteiger partial charge in [-0.05, 0) is 49.6 Å². The van der Waals surface area contributed by atoms with Gasteiger partial charge in [0.15, 0.2) is 0 Å². The van der Waals surface area contributed by atoms with Crippen LogP contribution < -0.4 is 4.74 Å². The molecule has 0 fully saturated rings. The minimum absolute atomic E-state index is 0.0369. The van der Waals surface area contributed by atoms with Crippen molar-refractivity contribution in [2.45, 2.75) is 40.8 Å². The van der Waals surface area contributed by atoms with E-state index in [4.69, 9.17) is 9.47 Å². The molecule has 0 saturated carbocycles. The van der Waals surface area contributed by atoms with Crippen LogP contribution in [0.3, 0.4) is 0 Å². The smallest absolute Gasteiger partial charge is 0.355 e. The molecule has 1 N–H and O–H groups in total. The molecule has 2 aromatic rings. The van der Waals surface area contributed by atoms with Crippen LogP contribution in [-0.2, 0) is 22.6 Å². The molecule has 1 aromatic carbocycles. The van der Waals surface area contributed by atoms with Crippen molar-refractivity contribution in [1.82, 2.24) is 9.88 Å². The summed E-state index contributed by atoms with van der Waals surface area (Å²) < 4.78 is 10.2. The van der Waals surface area contributed by atoms with Gasteiger partial charge in [0.1, 0.15) is 11.4 Å². The van der Waals surface area contributed by atoms with Gasteiger partial charge in [0.25, 0.3) is 0 Å². The van der Waals surface area contributed by atoms with Crippen molar-refractivity contribution < 1.29 is 19.1 Å². The zero-order valence-electron chi connectivity index (χ0n) is 16.0. The van der Waals surface area contributed by atoms with Gasteiger partial charge < -0.3 is 19.4 Å². The van der Waals surface area contributed by atoms with Gasteiger partial charge >= 0.3 is 5.97 Å². The summed E-state index contributed by atoms with van der Waals surface area (Å²) in [6, 6.07) is 7.62. The summed E-state index contributed by atoms with van der Waals surface area (Å²) in [5, 5.41) is 0. The number of amides is 1. The molecular formula is C20H26N2O4. The molecule has 6 nitrogen and oxygen atoms in total. The Morgan fingerprint density at radius 3 is 2.27 bits per heavy atom. The number of methoxy groups -OCH3 is 1. The molecule has 1 heterocycles. The lowest BCUT2D eigenvalue weighted by molar-refractivity contribution is -0.130. The predicted octanol–water partition coefficient (Wildman–Crippen LogP) is 3.37. The molecule has 0 aliphatic heterocycles. The number of aromatic nitrogens is 1. The molecule has 0 spiro atoms. The summed E-state index contributed by atoms with van der Waals surface area (Å²) >= 11 is 0. The van der Waals surface area contributed by atoms with Gasteiger partial charge in [-0.1, -0.05) is 12.1 Å². The van der Waals surface area contributed by atoms with E-state index in [1.807, 2.05) is 38.1 Å². The Morgan fingerprint density at radius 1 is 1.08 bits per heavy atom. The van der Waals surface area contributed by atoms with E-state index in [1.165, 1.54) is 0 Å². The van der Waals surface area contributed by atoms with Gasteiger partial charge in [-0.2, -0.15) is 0 Å². The van der Waals surface area contributed by atoms with Crippen molar-refractivity contribution in [2.75, 3.05) is 13.7 Å². The molecule has 0 atom stereocenters. The van der Waals surface area contributed by atoms with Gasteiger partial charge in [0, 0.05) is 19.2 Å². The number of ether oxygens (including phenoxy) is 2. The van der Waals surface area contributed by atoms with E-state index in [0.717, 1.165) is 28.1 Å². The number of nitrogens with zero attached hydrogens (tertiary/aromatic N) is 1. The molecule has 6 heteroatoms. The van der Waals surface area contributed by atoms with Crippen molar-refractivity contribution in [3.8, 4) is 5.75 Å². The number of H-pyrrole nitrogens is 1. The Hall–Kier alpha value is -2.76. The maximum atomic E-state index is 12.1. The van der Waals surface area contributed by atoms with Gasteiger partial charge in [0.05, 0.1) is 20.3 Å². The third-order valence-corrected chi connectivity index (χ3v) is 4.47. The second-order valence-corrected chi connectivity index (χ2v) is 6.17. The van der Waals surface area contributed by atoms with Crippen molar-refractivity contribution in [2.24, 2.45) is 0 Å². The molecule has 0 aliphatic rings. The lowest BCUT2D eigenvalue weighted by Crippen LogP contribution is -2.28. The zero-order valence-corrected chi connectivity index (χ0v) is 16.0. The first kappa shape index (κ1) is 19.6. The number of carbonyl (C=O) groups excluding carboxylic acids is 2.